The number of rotatable bonds is 4. The summed E-state index contributed by atoms with van der Waals surface area (Å²) in [5, 5.41) is 0. The van der Waals surface area contributed by atoms with Crippen LogP contribution in [0.3, 0.4) is 0 Å². The summed E-state index contributed by atoms with van der Waals surface area (Å²) < 4.78 is 28.2. The maximum absolute atomic E-state index is 12.0. The lowest BCUT2D eigenvalue weighted by atomic mass is 10.1. The molecular formula is C12H14BrClO4S. The molecule has 1 rings (SSSR count). The van der Waals surface area contributed by atoms with E-state index in [-0.39, 0.29) is 22.5 Å². The van der Waals surface area contributed by atoms with Gasteiger partial charge in [-0.15, -0.1) is 0 Å². The summed E-state index contributed by atoms with van der Waals surface area (Å²) in [5.74, 6) is -0.419. The Hall–Kier alpha value is -0.590. The van der Waals surface area contributed by atoms with E-state index >= 15 is 0 Å². The van der Waals surface area contributed by atoms with Gasteiger partial charge in [-0.2, -0.15) is 0 Å². The van der Waals surface area contributed by atoms with Gasteiger partial charge >= 0.3 is 5.97 Å². The minimum absolute atomic E-state index is 0.134. The second-order valence-electron chi connectivity index (χ2n) is 4.43. The maximum Gasteiger partial charge on any atom is 0.339 e. The van der Waals surface area contributed by atoms with Crippen molar-refractivity contribution in [1.82, 2.24) is 0 Å². The van der Waals surface area contributed by atoms with Crippen molar-refractivity contribution >= 4 is 41.6 Å². The molecule has 0 spiro atoms. The Labute approximate surface area is 125 Å². The predicted octanol–water partition coefficient (Wildman–Crippen LogP) is 3.58. The fourth-order valence-corrected chi connectivity index (χ4v) is 2.37. The van der Waals surface area contributed by atoms with Crippen molar-refractivity contribution in [2.75, 3.05) is 0 Å². The number of benzene rings is 1. The van der Waals surface area contributed by atoms with E-state index in [1.54, 1.807) is 6.92 Å². The van der Waals surface area contributed by atoms with Gasteiger partial charge in [0.2, 0.25) is 0 Å². The topological polar surface area (TPSA) is 60.4 Å². The van der Waals surface area contributed by atoms with E-state index in [9.17, 15) is 13.2 Å². The fraction of sp³-hybridized carbons (Fsp3) is 0.417. The summed E-state index contributed by atoms with van der Waals surface area (Å²) in [7, 11) is 1.37. The number of carbonyl (C=O) groups is 1. The standard InChI is InChI=1S/C12H14BrClO4S/c1-7(2)8(3)18-12(15)10-6-9(19(14,16)17)4-5-11(10)13/h4-8H,1-3H3. The van der Waals surface area contributed by atoms with Crippen molar-refractivity contribution in [3.8, 4) is 0 Å². The molecule has 0 aromatic heterocycles. The Morgan fingerprint density at radius 2 is 1.89 bits per heavy atom. The molecule has 4 nitrogen and oxygen atoms in total. The van der Waals surface area contributed by atoms with Crippen molar-refractivity contribution in [1.29, 1.82) is 0 Å². The Morgan fingerprint density at radius 1 is 1.32 bits per heavy atom. The van der Waals surface area contributed by atoms with Crippen LogP contribution in [0.2, 0.25) is 0 Å². The van der Waals surface area contributed by atoms with Crippen LogP contribution in [0.4, 0.5) is 0 Å². The van der Waals surface area contributed by atoms with Gasteiger partial charge in [0.15, 0.2) is 0 Å². The lowest BCUT2D eigenvalue weighted by Gasteiger charge is -2.17. The molecule has 0 aliphatic rings. The maximum atomic E-state index is 12.0. The van der Waals surface area contributed by atoms with Gasteiger partial charge in [-0.05, 0) is 47.0 Å². The first-order valence-electron chi connectivity index (χ1n) is 5.58. The second kappa shape index (κ2) is 6.24. The number of halogens is 2. The Kier molecular flexibility index (Phi) is 5.41. The van der Waals surface area contributed by atoms with E-state index in [4.69, 9.17) is 15.4 Å². The first-order valence-corrected chi connectivity index (χ1v) is 8.68. The second-order valence-corrected chi connectivity index (χ2v) is 7.85. The van der Waals surface area contributed by atoms with Crippen LogP contribution in [0.15, 0.2) is 27.6 Å². The smallest absolute Gasteiger partial charge is 0.339 e. The number of esters is 1. The SMILES string of the molecule is CC(C)C(C)OC(=O)c1cc(S(=O)(=O)Cl)ccc1Br. The fourth-order valence-electron chi connectivity index (χ4n) is 1.18. The zero-order chi connectivity index (χ0) is 14.8. The Balaban J connectivity index is 3.10. The summed E-state index contributed by atoms with van der Waals surface area (Å²) in [5.41, 5.74) is 0.134. The molecule has 0 fully saturated rings. The summed E-state index contributed by atoms with van der Waals surface area (Å²) in [6.45, 7) is 5.62. The molecule has 19 heavy (non-hydrogen) atoms. The van der Waals surface area contributed by atoms with Crippen molar-refractivity contribution in [3.05, 3.63) is 28.2 Å². The molecule has 0 N–H and O–H groups in total. The minimum Gasteiger partial charge on any atom is -0.459 e. The zero-order valence-corrected chi connectivity index (χ0v) is 13.8. The summed E-state index contributed by atoms with van der Waals surface area (Å²) in [6, 6.07) is 3.96. The van der Waals surface area contributed by atoms with E-state index in [2.05, 4.69) is 15.9 Å². The third-order valence-electron chi connectivity index (χ3n) is 2.67. The van der Waals surface area contributed by atoms with Crippen LogP contribution in [-0.2, 0) is 13.8 Å². The molecule has 1 aromatic rings. The molecule has 0 saturated heterocycles. The average Bonchev–Trinajstić information content (AvgIpc) is 2.27. The molecule has 0 amide bonds. The monoisotopic (exact) mass is 368 g/mol. The lowest BCUT2D eigenvalue weighted by Crippen LogP contribution is -2.20. The Bertz CT molecular complexity index is 583. The van der Waals surface area contributed by atoms with Gasteiger partial charge in [0.1, 0.15) is 6.10 Å². The van der Waals surface area contributed by atoms with Gasteiger partial charge in [-0.1, -0.05) is 13.8 Å². The van der Waals surface area contributed by atoms with Crippen LogP contribution < -0.4 is 0 Å². The third kappa shape index (κ3) is 4.47. The molecule has 0 radical (unpaired) electrons. The molecule has 0 saturated carbocycles. The zero-order valence-electron chi connectivity index (χ0n) is 10.7. The van der Waals surface area contributed by atoms with Crippen molar-refractivity contribution in [2.45, 2.75) is 31.8 Å². The molecule has 7 heteroatoms. The first kappa shape index (κ1) is 16.5. The van der Waals surface area contributed by atoms with Gasteiger partial charge in [-0.25, -0.2) is 13.2 Å². The third-order valence-corrected chi connectivity index (χ3v) is 4.71. The summed E-state index contributed by atoms with van der Waals surface area (Å²) in [6.07, 6.45) is -0.268. The van der Waals surface area contributed by atoms with Gasteiger partial charge in [0.05, 0.1) is 10.5 Å². The molecule has 106 valence electrons. The quantitative estimate of drug-likeness (QED) is 0.601. The van der Waals surface area contributed by atoms with E-state index in [0.717, 1.165) is 0 Å². The highest BCUT2D eigenvalue weighted by molar-refractivity contribution is 9.10. The van der Waals surface area contributed by atoms with Gasteiger partial charge < -0.3 is 4.74 Å². The van der Waals surface area contributed by atoms with E-state index in [1.807, 2.05) is 13.8 Å². The highest BCUT2D eigenvalue weighted by Gasteiger charge is 2.20. The number of hydrogen-bond donors (Lipinski definition) is 0. The molecule has 0 heterocycles. The number of hydrogen-bond acceptors (Lipinski definition) is 4. The molecule has 0 bridgehead atoms. The van der Waals surface area contributed by atoms with E-state index < -0.39 is 15.0 Å². The predicted molar refractivity (Wildman–Crippen MR) is 76.9 cm³/mol. The van der Waals surface area contributed by atoms with Crippen molar-refractivity contribution < 1.29 is 17.9 Å². The van der Waals surface area contributed by atoms with Crippen LogP contribution in [0, 0.1) is 5.92 Å². The highest BCUT2D eigenvalue weighted by Crippen LogP contribution is 2.24. The molecular weight excluding hydrogens is 356 g/mol. The summed E-state index contributed by atoms with van der Waals surface area (Å²) in [4.78, 5) is 11.8. The molecule has 1 aromatic carbocycles. The molecule has 0 aliphatic carbocycles. The normalized spacial score (nSPS) is 13.4. The summed E-state index contributed by atoms with van der Waals surface area (Å²) >= 11 is 3.19. The molecule has 0 aliphatic heterocycles. The number of carbonyl (C=O) groups excluding carboxylic acids is 1. The van der Waals surface area contributed by atoms with Crippen molar-refractivity contribution in [2.24, 2.45) is 5.92 Å². The highest BCUT2D eigenvalue weighted by atomic mass is 79.9. The molecule has 1 unspecified atom stereocenters. The van der Waals surface area contributed by atoms with Crippen LogP contribution in [0.5, 0.6) is 0 Å². The lowest BCUT2D eigenvalue weighted by molar-refractivity contribution is 0.0236. The van der Waals surface area contributed by atoms with Crippen LogP contribution in [-0.4, -0.2) is 20.5 Å². The van der Waals surface area contributed by atoms with Gasteiger partial charge in [0, 0.05) is 15.2 Å². The van der Waals surface area contributed by atoms with Gasteiger partial charge in [-0.3, -0.25) is 0 Å². The van der Waals surface area contributed by atoms with Gasteiger partial charge in [0.25, 0.3) is 9.05 Å². The minimum atomic E-state index is -3.88. The molecule has 1 atom stereocenters. The van der Waals surface area contributed by atoms with E-state index in [1.165, 1.54) is 18.2 Å². The largest absolute Gasteiger partial charge is 0.459 e. The average molecular weight is 370 g/mol. The van der Waals surface area contributed by atoms with Crippen LogP contribution in [0.1, 0.15) is 31.1 Å². The van der Waals surface area contributed by atoms with Crippen molar-refractivity contribution in [3.63, 3.8) is 0 Å². The van der Waals surface area contributed by atoms with E-state index in [0.29, 0.717) is 4.47 Å². The first-order chi connectivity index (χ1) is 8.62. The Morgan fingerprint density at radius 3 is 2.37 bits per heavy atom. The number of ether oxygens (including phenoxy) is 1. The van der Waals surface area contributed by atoms with Crippen LogP contribution in [0.25, 0.3) is 0 Å². The van der Waals surface area contributed by atoms with Crippen LogP contribution >= 0.6 is 26.6 Å².